The molecule has 0 fully saturated rings. The number of rotatable bonds is 2. The Morgan fingerprint density at radius 2 is 2.40 bits per heavy atom. The van der Waals surface area contributed by atoms with E-state index in [4.69, 9.17) is 0 Å². The molecular weight excluding hydrogens is 276 g/mol. The molecule has 2 rings (SSSR count). The minimum Gasteiger partial charge on any atom is -0.307 e. The second-order valence-corrected chi connectivity index (χ2v) is 5.10. The van der Waals surface area contributed by atoms with E-state index in [1.807, 2.05) is 18.4 Å². The molecule has 2 aromatic rings. The third-order valence-electron chi connectivity index (χ3n) is 2.02. The average Bonchev–Trinajstić information content (AvgIpc) is 2.66. The SMILES string of the molecule is Cc1cc(Br)cn(Cc2nccs2)c1=O. The van der Waals surface area contributed by atoms with Crippen molar-refractivity contribution in [3.63, 3.8) is 0 Å². The number of aromatic nitrogens is 2. The zero-order valence-electron chi connectivity index (χ0n) is 8.11. The topological polar surface area (TPSA) is 34.9 Å². The highest BCUT2D eigenvalue weighted by Crippen LogP contribution is 2.10. The van der Waals surface area contributed by atoms with Gasteiger partial charge in [-0.15, -0.1) is 11.3 Å². The lowest BCUT2D eigenvalue weighted by Crippen LogP contribution is -2.22. The van der Waals surface area contributed by atoms with Gasteiger partial charge in [0, 0.05) is 27.8 Å². The largest absolute Gasteiger partial charge is 0.307 e. The van der Waals surface area contributed by atoms with Crippen LogP contribution in [-0.2, 0) is 6.54 Å². The van der Waals surface area contributed by atoms with Crippen molar-refractivity contribution in [3.8, 4) is 0 Å². The highest BCUT2D eigenvalue weighted by atomic mass is 79.9. The van der Waals surface area contributed by atoms with Crippen LogP contribution in [0.3, 0.4) is 0 Å². The average molecular weight is 285 g/mol. The van der Waals surface area contributed by atoms with E-state index < -0.39 is 0 Å². The molecule has 0 N–H and O–H groups in total. The van der Waals surface area contributed by atoms with Crippen LogP contribution in [0.2, 0.25) is 0 Å². The normalized spacial score (nSPS) is 10.5. The Labute approximate surface area is 99.5 Å². The van der Waals surface area contributed by atoms with E-state index in [2.05, 4.69) is 20.9 Å². The van der Waals surface area contributed by atoms with Crippen LogP contribution >= 0.6 is 27.3 Å². The summed E-state index contributed by atoms with van der Waals surface area (Å²) in [6.07, 6.45) is 3.53. The summed E-state index contributed by atoms with van der Waals surface area (Å²) in [5, 5.41) is 2.85. The van der Waals surface area contributed by atoms with E-state index in [0.29, 0.717) is 6.54 Å². The molecule has 0 radical (unpaired) electrons. The molecule has 0 atom stereocenters. The summed E-state index contributed by atoms with van der Waals surface area (Å²) in [5.74, 6) is 0. The fourth-order valence-corrected chi connectivity index (χ4v) is 2.54. The van der Waals surface area contributed by atoms with Crippen LogP contribution in [0.5, 0.6) is 0 Å². The minimum absolute atomic E-state index is 0.0356. The van der Waals surface area contributed by atoms with Gasteiger partial charge in [-0.25, -0.2) is 4.98 Å². The van der Waals surface area contributed by atoms with Crippen LogP contribution in [0.1, 0.15) is 10.6 Å². The van der Waals surface area contributed by atoms with Gasteiger partial charge in [0.1, 0.15) is 5.01 Å². The van der Waals surface area contributed by atoms with Gasteiger partial charge < -0.3 is 4.57 Å². The van der Waals surface area contributed by atoms with Crippen molar-refractivity contribution in [1.82, 2.24) is 9.55 Å². The molecule has 0 unspecified atom stereocenters. The molecule has 15 heavy (non-hydrogen) atoms. The molecule has 0 spiro atoms. The number of hydrogen-bond acceptors (Lipinski definition) is 3. The summed E-state index contributed by atoms with van der Waals surface area (Å²) in [6.45, 7) is 2.35. The maximum Gasteiger partial charge on any atom is 0.253 e. The third kappa shape index (κ3) is 2.35. The Hall–Kier alpha value is -0.940. The van der Waals surface area contributed by atoms with Crippen molar-refractivity contribution in [2.24, 2.45) is 0 Å². The van der Waals surface area contributed by atoms with Crippen LogP contribution in [0, 0.1) is 6.92 Å². The highest BCUT2D eigenvalue weighted by Gasteiger charge is 2.03. The molecule has 0 aliphatic heterocycles. The maximum atomic E-state index is 11.8. The van der Waals surface area contributed by atoms with Gasteiger partial charge in [-0.1, -0.05) is 0 Å². The van der Waals surface area contributed by atoms with Crippen LogP contribution in [0.4, 0.5) is 0 Å². The molecular formula is C10H9BrN2OS. The highest BCUT2D eigenvalue weighted by molar-refractivity contribution is 9.10. The lowest BCUT2D eigenvalue weighted by atomic mass is 10.3. The van der Waals surface area contributed by atoms with Crippen molar-refractivity contribution in [1.29, 1.82) is 0 Å². The van der Waals surface area contributed by atoms with Crippen LogP contribution in [0.25, 0.3) is 0 Å². The van der Waals surface area contributed by atoms with E-state index in [1.54, 1.807) is 28.3 Å². The second-order valence-electron chi connectivity index (χ2n) is 3.20. The van der Waals surface area contributed by atoms with Gasteiger partial charge in [-0.3, -0.25) is 4.79 Å². The molecule has 0 amide bonds. The van der Waals surface area contributed by atoms with E-state index in [0.717, 1.165) is 15.0 Å². The van der Waals surface area contributed by atoms with Gasteiger partial charge in [-0.05, 0) is 28.9 Å². The summed E-state index contributed by atoms with van der Waals surface area (Å²) in [4.78, 5) is 15.9. The van der Waals surface area contributed by atoms with E-state index in [-0.39, 0.29) is 5.56 Å². The first-order chi connectivity index (χ1) is 7.16. The lowest BCUT2D eigenvalue weighted by Gasteiger charge is -2.05. The van der Waals surface area contributed by atoms with E-state index >= 15 is 0 Å². The van der Waals surface area contributed by atoms with Gasteiger partial charge in [0.15, 0.2) is 0 Å². The number of aryl methyl sites for hydroxylation is 1. The van der Waals surface area contributed by atoms with Gasteiger partial charge in [-0.2, -0.15) is 0 Å². The predicted octanol–water partition coefficient (Wildman–Crippen LogP) is 2.42. The smallest absolute Gasteiger partial charge is 0.253 e. The molecule has 0 aromatic carbocycles. The van der Waals surface area contributed by atoms with Crippen LogP contribution < -0.4 is 5.56 Å². The van der Waals surface area contributed by atoms with Gasteiger partial charge in [0.2, 0.25) is 0 Å². The van der Waals surface area contributed by atoms with Crippen molar-refractivity contribution in [2.75, 3.05) is 0 Å². The Morgan fingerprint density at radius 1 is 1.60 bits per heavy atom. The van der Waals surface area contributed by atoms with Crippen molar-refractivity contribution in [2.45, 2.75) is 13.5 Å². The maximum absolute atomic E-state index is 11.8. The van der Waals surface area contributed by atoms with Gasteiger partial charge >= 0.3 is 0 Å². The molecule has 78 valence electrons. The molecule has 0 saturated carbocycles. The summed E-state index contributed by atoms with van der Waals surface area (Å²) < 4.78 is 2.58. The number of halogens is 1. The first-order valence-electron chi connectivity index (χ1n) is 4.42. The van der Waals surface area contributed by atoms with Crippen LogP contribution in [-0.4, -0.2) is 9.55 Å². The first kappa shape index (κ1) is 10.6. The van der Waals surface area contributed by atoms with E-state index in [1.165, 1.54) is 0 Å². The Bertz CT molecular complexity index is 519. The lowest BCUT2D eigenvalue weighted by molar-refractivity contribution is 0.744. The fraction of sp³-hybridized carbons (Fsp3) is 0.200. The number of nitrogens with zero attached hydrogens (tertiary/aromatic N) is 2. The van der Waals surface area contributed by atoms with Gasteiger partial charge in [0.05, 0.1) is 6.54 Å². The quantitative estimate of drug-likeness (QED) is 0.849. The van der Waals surface area contributed by atoms with Crippen molar-refractivity contribution < 1.29 is 0 Å². The van der Waals surface area contributed by atoms with Crippen molar-refractivity contribution in [3.05, 3.63) is 49.2 Å². The molecule has 0 aliphatic rings. The monoisotopic (exact) mass is 284 g/mol. The summed E-state index contributed by atoms with van der Waals surface area (Å²) >= 11 is 4.93. The van der Waals surface area contributed by atoms with Gasteiger partial charge in [0.25, 0.3) is 5.56 Å². The molecule has 0 bridgehead atoms. The molecule has 5 heteroatoms. The Morgan fingerprint density at radius 3 is 3.07 bits per heavy atom. The molecule has 3 nitrogen and oxygen atoms in total. The summed E-state index contributed by atoms with van der Waals surface area (Å²) in [7, 11) is 0. The number of hydrogen-bond donors (Lipinski definition) is 0. The number of thiazole rings is 1. The molecule has 2 heterocycles. The minimum atomic E-state index is 0.0356. The second kappa shape index (κ2) is 4.28. The first-order valence-corrected chi connectivity index (χ1v) is 6.09. The van der Waals surface area contributed by atoms with E-state index in [9.17, 15) is 4.79 Å². The molecule has 0 saturated heterocycles. The molecule has 0 aliphatic carbocycles. The standard InChI is InChI=1S/C10H9BrN2OS/c1-7-4-8(11)5-13(10(7)14)6-9-12-2-3-15-9/h2-5H,6H2,1H3. The third-order valence-corrected chi connectivity index (χ3v) is 3.22. The summed E-state index contributed by atoms with van der Waals surface area (Å²) in [5.41, 5.74) is 0.773. The Balaban J connectivity index is 2.41. The zero-order valence-corrected chi connectivity index (χ0v) is 10.5. The summed E-state index contributed by atoms with van der Waals surface area (Å²) in [6, 6.07) is 1.82. The fourth-order valence-electron chi connectivity index (χ4n) is 1.33. The van der Waals surface area contributed by atoms with Crippen LogP contribution in [0.15, 0.2) is 33.1 Å². The van der Waals surface area contributed by atoms with Crippen molar-refractivity contribution >= 4 is 27.3 Å². The predicted molar refractivity (Wildman–Crippen MR) is 64.4 cm³/mol. The molecule has 2 aromatic heterocycles. The number of pyridine rings is 1. The zero-order chi connectivity index (χ0) is 10.8. The Kier molecular flexibility index (Phi) is 3.02.